The Morgan fingerprint density at radius 1 is 0.684 bits per heavy atom. The van der Waals surface area contributed by atoms with Crippen LogP contribution < -0.4 is 0 Å². The van der Waals surface area contributed by atoms with Crippen molar-refractivity contribution in [3.63, 3.8) is 0 Å². The lowest BCUT2D eigenvalue weighted by atomic mass is 10.0. The minimum atomic E-state index is -4.32. The van der Waals surface area contributed by atoms with Gasteiger partial charge in [0.25, 0.3) is 0 Å². The maximum Gasteiger partial charge on any atom is 0.416 e. The van der Waals surface area contributed by atoms with Crippen LogP contribution >= 0.6 is 11.6 Å². The standard InChI is InChI=1S/C15H8ClF3/c16-14-4-2-10-5-9-1-3-13(15(17,18)19)7-11(9)6-12(10)8-14/h1-8H. The predicted octanol–water partition coefficient (Wildman–Crippen LogP) is 5.67. The second-order valence-electron chi connectivity index (χ2n) is 4.40. The molecule has 3 aromatic carbocycles. The smallest absolute Gasteiger partial charge is 0.166 e. The summed E-state index contributed by atoms with van der Waals surface area (Å²) in [4.78, 5) is 0. The highest BCUT2D eigenvalue weighted by molar-refractivity contribution is 6.31. The Bertz CT molecular complexity index is 775. The first-order valence-electron chi connectivity index (χ1n) is 5.64. The summed E-state index contributed by atoms with van der Waals surface area (Å²) in [7, 11) is 0. The van der Waals surface area contributed by atoms with E-state index in [1.165, 1.54) is 6.07 Å². The van der Waals surface area contributed by atoms with E-state index in [9.17, 15) is 13.2 Å². The quantitative estimate of drug-likeness (QED) is 0.466. The van der Waals surface area contributed by atoms with Crippen molar-refractivity contribution in [3.8, 4) is 0 Å². The second kappa shape index (κ2) is 4.14. The molecule has 0 fully saturated rings. The van der Waals surface area contributed by atoms with Crippen molar-refractivity contribution >= 4 is 33.1 Å². The molecule has 0 aliphatic heterocycles. The van der Waals surface area contributed by atoms with Crippen molar-refractivity contribution in [1.29, 1.82) is 0 Å². The highest BCUT2D eigenvalue weighted by atomic mass is 35.5. The molecule has 3 rings (SSSR count). The van der Waals surface area contributed by atoms with Crippen molar-refractivity contribution in [2.75, 3.05) is 0 Å². The van der Waals surface area contributed by atoms with Crippen LogP contribution in [0.1, 0.15) is 5.56 Å². The van der Waals surface area contributed by atoms with E-state index < -0.39 is 11.7 Å². The molecule has 0 amide bonds. The Morgan fingerprint density at radius 2 is 1.26 bits per heavy atom. The van der Waals surface area contributed by atoms with E-state index in [2.05, 4.69) is 0 Å². The van der Waals surface area contributed by atoms with Crippen molar-refractivity contribution in [2.24, 2.45) is 0 Å². The van der Waals surface area contributed by atoms with E-state index in [1.807, 2.05) is 12.1 Å². The van der Waals surface area contributed by atoms with Crippen molar-refractivity contribution < 1.29 is 13.2 Å². The van der Waals surface area contributed by atoms with Gasteiger partial charge in [-0.3, -0.25) is 0 Å². The van der Waals surface area contributed by atoms with Gasteiger partial charge in [-0.15, -0.1) is 0 Å². The number of hydrogen-bond donors (Lipinski definition) is 0. The Morgan fingerprint density at radius 3 is 1.95 bits per heavy atom. The molecule has 0 nitrogen and oxygen atoms in total. The first-order chi connectivity index (χ1) is 8.93. The van der Waals surface area contributed by atoms with Gasteiger partial charge in [0.2, 0.25) is 0 Å². The van der Waals surface area contributed by atoms with Crippen molar-refractivity contribution in [1.82, 2.24) is 0 Å². The SMILES string of the molecule is FC(F)(F)c1ccc2cc3ccc(Cl)cc3cc2c1. The predicted molar refractivity (Wildman–Crippen MR) is 71.5 cm³/mol. The van der Waals surface area contributed by atoms with Gasteiger partial charge >= 0.3 is 6.18 Å². The lowest BCUT2D eigenvalue weighted by molar-refractivity contribution is -0.137. The van der Waals surface area contributed by atoms with Crippen LogP contribution in [0, 0.1) is 0 Å². The maximum atomic E-state index is 12.7. The van der Waals surface area contributed by atoms with E-state index in [4.69, 9.17) is 11.6 Å². The Balaban J connectivity index is 2.30. The van der Waals surface area contributed by atoms with Gasteiger partial charge in [0.15, 0.2) is 0 Å². The molecule has 0 bridgehead atoms. The molecule has 0 atom stereocenters. The number of hydrogen-bond acceptors (Lipinski definition) is 0. The minimum absolute atomic E-state index is 0.560. The van der Waals surface area contributed by atoms with Gasteiger partial charge < -0.3 is 0 Å². The van der Waals surface area contributed by atoms with E-state index in [1.54, 1.807) is 18.2 Å². The van der Waals surface area contributed by atoms with Crippen LogP contribution in [-0.2, 0) is 6.18 Å². The Kier molecular flexibility index (Phi) is 2.68. The molecule has 0 spiro atoms. The zero-order valence-electron chi connectivity index (χ0n) is 9.63. The van der Waals surface area contributed by atoms with Crippen LogP contribution in [0.15, 0.2) is 48.5 Å². The van der Waals surface area contributed by atoms with Crippen LogP contribution in [0.25, 0.3) is 21.5 Å². The maximum absolute atomic E-state index is 12.7. The summed E-state index contributed by atoms with van der Waals surface area (Å²) < 4.78 is 38.0. The summed E-state index contributed by atoms with van der Waals surface area (Å²) in [6, 6.07) is 12.7. The molecular formula is C15H8ClF3. The molecule has 19 heavy (non-hydrogen) atoms. The molecule has 96 valence electrons. The molecule has 0 saturated carbocycles. The zero-order chi connectivity index (χ0) is 13.6. The molecule has 0 radical (unpaired) electrons. The van der Waals surface area contributed by atoms with Crippen LogP contribution in [0.4, 0.5) is 13.2 Å². The molecule has 0 aliphatic carbocycles. The van der Waals surface area contributed by atoms with Gasteiger partial charge in [-0.1, -0.05) is 23.7 Å². The third kappa shape index (κ3) is 2.26. The van der Waals surface area contributed by atoms with Gasteiger partial charge in [0, 0.05) is 5.02 Å². The van der Waals surface area contributed by atoms with E-state index >= 15 is 0 Å². The molecule has 0 unspecified atom stereocenters. The lowest BCUT2D eigenvalue weighted by Gasteiger charge is -2.08. The Labute approximate surface area is 112 Å². The number of halogens is 4. The lowest BCUT2D eigenvalue weighted by Crippen LogP contribution is -2.04. The van der Waals surface area contributed by atoms with Gasteiger partial charge in [-0.05, 0) is 57.9 Å². The van der Waals surface area contributed by atoms with E-state index in [0.29, 0.717) is 10.4 Å². The molecule has 0 heterocycles. The Hall–Kier alpha value is -1.74. The van der Waals surface area contributed by atoms with Gasteiger partial charge in [0.1, 0.15) is 0 Å². The molecule has 0 saturated heterocycles. The summed E-state index contributed by atoms with van der Waals surface area (Å²) in [6.07, 6.45) is -4.32. The third-order valence-electron chi connectivity index (χ3n) is 3.08. The van der Waals surface area contributed by atoms with Gasteiger partial charge in [-0.2, -0.15) is 13.2 Å². The zero-order valence-corrected chi connectivity index (χ0v) is 10.4. The normalized spacial score (nSPS) is 12.2. The average molecular weight is 281 g/mol. The van der Waals surface area contributed by atoms with Gasteiger partial charge in [0.05, 0.1) is 5.56 Å². The van der Waals surface area contributed by atoms with Crippen LogP contribution in [0.3, 0.4) is 0 Å². The summed E-state index contributed by atoms with van der Waals surface area (Å²) in [5.74, 6) is 0. The average Bonchev–Trinajstić information content (AvgIpc) is 2.34. The molecule has 4 heteroatoms. The van der Waals surface area contributed by atoms with E-state index in [-0.39, 0.29) is 0 Å². The molecule has 3 aromatic rings. The highest BCUT2D eigenvalue weighted by Gasteiger charge is 2.30. The fraction of sp³-hybridized carbons (Fsp3) is 0.0667. The van der Waals surface area contributed by atoms with E-state index in [0.717, 1.165) is 28.3 Å². The largest absolute Gasteiger partial charge is 0.416 e. The topological polar surface area (TPSA) is 0 Å². The summed E-state index contributed by atoms with van der Waals surface area (Å²) in [5, 5.41) is 3.70. The molecule has 0 N–H and O–H groups in total. The highest BCUT2D eigenvalue weighted by Crippen LogP contribution is 2.33. The first kappa shape index (κ1) is 12.3. The van der Waals surface area contributed by atoms with Crippen LogP contribution in [0.5, 0.6) is 0 Å². The van der Waals surface area contributed by atoms with Gasteiger partial charge in [-0.25, -0.2) is 0 Å². The van der Waals surface area contributed by atoms with Crippen molar-refractivity contribution in [3.05, 3.63) is 59.1 Å². The number of fused-ring (bicyclic) bond motifs is 2. The number of rotatable bonds is 0. The fourth-order valence-electron chi connectivity index (χ4n) is 2.14. The minimum Gasteiger partial charge on any atom is -0.166 e. The summed E-state index contributed by atoms with van der Waals surface area (Å²) in [6.45, 7) is 0. The fourth-order valence-corrected chi connectivity index (χ4v) is 2.33. The number of benzene rings is 3. The third-order valence-corrected chi connectivity index (χ3v) is 3.32. The summed E-state index contributed by atoms with van der Waals surface area (Å²) in [5.41, 5.74) is -0.638. The number of alkyl halides is 3. The monoisotopic (exact) mass is 280 g/mol. The second-order valence-corrected chi connectivity index (χ2v) is 4.84. The van der Waals surface area contributed by atoms with Crippen LogP contribution in [0.2, 0.25) is 5.02 Å². The van der Waals surface area contributed by atoms with Crippen LogP contribution in [-0.4, -0.2) is 0 Å². The molecule has 0 aliphatic rings. The first-order valence-corrected chi connectivity index (χ1v) is 6.01. The van der Waals surface area contributed by atoms with Crippen molar-refractivity contribution in [2.45, 2.75) is 6.18 Å². The molecular weight excluding hydrogens is 273 g/mol. The molecule has 0 aromatic heterocycles. The summed E-state index contributed by atoms with van der Waals surface area (Å²) >= 11 is 5.89.